The van der Waals surface area contributed by atoms with Crippen molar-refractivity contribution in [3.63, 3.8) is 0 Å². The lowest BCUT2D eigenvalue weighted by atomic mass is 10.1. The Balaban J connectivity index is 1.94. The van der Waals surface area contributed by atoms with Crippen molar-refractivity contribution < 1.29 is 14.6 Å². The molecule has 0 saturated heterocycles. The number of benzene rings is 2. The molecule has 3 rings (SSSR count). The fourth-order valence-electron chi connectivity index (χ4n) is 3.13. The summed E-state index contributed by atoms with van der Waals surface area (Å²) < 4.78 is 7.12. The lowest BCUT2D eigenvalue weighted by Gasteiger charge is -2.18. The number of aromatic nitrogens is 2. The van der Waals surface area contributed by atoms with Crippen molar-refractivity contribution in [3.05, 3.63) is 66.4 Å². The molecule has 1 heterocycles. The lowest BCUT2D eigenvalue weighted by Crippen LogP contribution is -2.28. The average molecular weight is 379 g/mol. The first-order valence-corrected chi connectivity index (χ1v) is 9.17. The average Bonchev–Trinajstić information content (AvgIpc) is 3.12. The van der Waals surface area contributed by atoms with Gasteiger partial charge >= 0.3 is 5.97 Å². The summed E-state index contributed by atoms with van der Waals surface area (Å²) in [6, 6.07) is 17.7. The molecule has 0 aliphatic heterocycles. The van der Waals surface area contributed by atoms with E-state index in [1.807, 2.05) is 77.4 Å². The van der Waals surface area contributed by atoms with Gasteiger partial charge < -0.3 is 14.7 Å². The van der Waals surface area contributed by atoms with Crippen LogP contribution in [0.3, 0.4) is 0 Å². The fraction of sp³-hybridized carbons (Fsp3) is 0.273. The molecule has 28 heavy (non-hydrogen) atoms. The quantitative estimate of drug-likeness (QED) is 0.646. The Kier molecular flexibility index (Phi) is 6.11. The molecule has 0 amide bonds. The zero-order valence-corrected chi connectivity index (χ0v) is 16.4. The standard InChI is InChI=1S/C22H25N3O3/c1-16(22(26)27)13-24(2)14-18-15-25(19-7-5-4-6-8-19)23-21(18)17-9-11-20(28-3)12-10-17/h4-12,15-16H,13-14H2,1-3H3,(H,26,27). The van der Waals surface area contributed by atoms with Crippen molar-refractivity contribution in [1.82, 2.24) is 14.7 Å². The first-order valence-electron chi connectivity index (χ1n) is 9.17. The predicted octanol–water partition coefficient (Wildman–Crippen LogP) is 3.70. The molecule has 6 heteroatoms. The van der Waals surface area contributed by atoms with Crippen molar-refractivity contribution >= 4 is 5.97 Å². The van der Waals surface area contributed by atoms with Crippen molar-refractivity contribution in [2.24, 2.45) is 5.92 Å². The molecule has 0 aliphatic carbocycles. The minimum atomic E-state index is -0.790. The molecule has 3 aromatic rings. The third kappa shape index (κ3) is 4.58. The number of hydrogen-bond donors (Lipinski definition) is 1. The first-order chi connectivity index (χ1) is 13.5. The second kappa shape index (κ2) is 8.71. The van der Waals surface area contributed by atoms with Crippen LogP contribution >= 0.6 is 0 Å². The Bertz CT molecular complexity index is 920. The van der Waals surface area contributed by atoms with Gasteiger partial charge in [0.2, 0.25) is 0 Å². The molecule has 0 fully saturated rings. The SMILES string of the molecule is COc1ccc(-c2nn(-c3ccccc3)cc2CN(C)CC(C)C(=O)O)cc1. The molecule has 6 nitrogen and oxygen atoms in total. The number of hydrogen-bond acceptors (Lipinski definition) is 4. The highest BCUT2D eigenvalue weighted by molar-refractivity contribution is 5.69. The maximum absolute atomic E-state index is 11.2. The Morgan fingerprint density at radius 2 is 1.86 bits per heavy atom. The Labute approximate surface area is 165 Å². The van der Waals surface area contributed by atoms with E-state index >= 15 is 0 Å². The van der Waals surface area contributed by atoms with Crippen LogP contribution in [0.5, 0.6) is 5.75 Å². The Morgan fingerprint density at radius 3 is 2.46 bits per heavy atom. The normalized spacial score (nSPS) is 12.1. The number of para-hydroxylation sites is 1. The number of carbonyl (C=O) groups is 1. The van der Waals surface area contributed by atoms with Gasteiger partial charge in [0.25, 0.3) is 0 Å². The lowest BCUT2D eigenvalue weighted by molar-refractivity contribution is -0.141. The van der Waals surface area contributed by atoms with Crippen LogP contribution in [-0.4, -0.2) is 46.5 Å². The van der Waals surface area contributed by atoms with E-state index in [9.17, 15) is 9.90 Å². The summed E-state index contributed by atoms with van der Waals surface area (Å²) in [6.07, 6.45) is 2.01. The molecule has 0 bridgehead atoms. The first kappa shape index (κ1) is 19.6. The van der Waals surface area contributed by atoms with E-state index in [1.165, 1.54) is 0 Å². The van der Waals surface area contributed by atoms with Gasteiger partial charge in [0.15, 0.2) is 0 Å². The van der Waals surface area contributed by atoms with Crippen LogP contribution in [-0.2, 0) is 11.3 Å². The van der Waals surface area contributed by atoms with E-state index in [1.54, 1.807) is 14.0 Å². The molecule has 1 unspecified atom stereocenters. The highest BCUT2D eigenvalue weighted by atomic mass is 16.5. The number of carboxylic acids is 1. The monoisotopic (exact) mass is 379 g/mol. The summed E-state index contributed by atoms with van der Waals surface area (Å²) in [5.41, 5.74) is 3.88. The number of ether oxygens (including phenoxy) is 1. The fourth-order valence-corrected chi connectivity index (χ4v) is 3.13. The van der Waals surface area contributed by atoms with E-state index < -0.39 is 11.9 Å². The summed E-state index contributed by atoms with van der Waals surface area (Å²) in [4.78, 5) is 13.2. The number of aliphatic carboxylic acids is 1. The molecule has 1 N–H and O–H groups in total. The summed E-state index contributed by atoms with van der Waals surface area (Å²) in [5.74, 6) is -0.430. The Morgan fingerprint density at radius 1 is 1.18 bits per heavy atom. The molecule has 2 aromatic carbocycles. The van der Waals surface area contributed by atoms with Crippen LogP contribution in [0.2, 0.25) is 0 Å². The maximum Gasteiger partial charge on any atom is 0.307 e. The number of methoxy groups -OCH3 is 1. The molecular weight excluding hydrogens is 354 g/mol. The van der Waals surface area contributed by atoms with Gasteiger partial charge in [0.1, 0.15) is 5.75 Å². The van der Waals surface area contributed by atoms with Gasteiger partial charge in [-0.15, -0.1) is 0 Å². The van der Waals surface area contributed by atoms with Crippen molar-refractivity contribution in [3.8, 4) is 22.7 Å². The number of rotatable bonds is 8. The minimum absolute atomic E-state index is 0.432. The third-order valence-corrected chi connectivity index (χ3v) is 4.62. The van der Waals surface area contributed by atoms with E-state index in [4.69, 9.17) is 9.84 Å². The van der Waals surface area contributed by atoms with Crippen LogP contribution in [0.1, 0.15) is 12.5 Å². The number of nitrogens with zero attached hydrogens (tertiary/aromatic N) is 3. The summed E-state index contributed by atoms with van der Waals surface area (Å²) >= 11 is 0. The van der Waals surface area contributed by atoms with Crippen molar-refractivity contribution in [2.75, 3.05) is 20.7 Å². The molecule has 0 saturated carbocycles. The van der Waals surface area contributed by atoms with Crippen LogP contribution < -0.4 is 4.74 Å². The third-order valence-electron chi connectivity index (χ3n) is 4.62. The van der Waals surface area contributed by atoms with E-state index in [2.05, 4.69) is 0 Å². The summed E-state index contributed by atoms with van der Waals surface area (Å²) in [6.45, 7) is 2.79. The molecule has 0 aliphatic rings. The molecular formula is C22H25N3O3. The van der Waals surface area contributed by atoms with E-state index in [0.717, 1.165) is 28.3 Å². The smallest absolute Gasteiger partial charge is 0.307 e. The topological polar surface area (TPSA) is 67.6 Å². The van der Waals surface area contributed by atoms with Gasteiger partial charge in [-0.05, 0) is 43.4 Å². The van der Waals surface area contributed by atoms with Gasteiger partial charge in [0, 0.05) is 30.4 Å². The zero-order chi connectivity index (χ0) is 20.1. The van der Waals surface area contributed by atoms with Crippen LogP contribution in [0.25, 0.3) is 16.9 Å². The van der Waals surface area contributed by atoms with E-state index in [-0.39, 0.29) is 0 Å². The number of carboxylic acid groups (broad SMARTS) is 1. The predicted molar refractivity (Wildman–Crippen MR) is 109 cm³/mol. The van der Waals surface area contributed by atoms with Gasteiger partial charge in [-0.3, -0.25) is 4.79 Å². The van der Waals surface area contributed by atoms with Gasteiger partial charge in [0.05, 0.1) is 24.4 Å². The highest BCUT2D eigenvalue weighted by Gasteiger charge is 2.18. The van der Waals surface area contributed by atoms with Gasteiger partial charge in [-0.25, -0.2) is 4.68 Å². The molecule has 0 radical (unpaired) electrons. The summed E-state index contributed by atoms with van der Waals surface area (Å²) in [5, 5.41) is 14.0. The van der Waals surface area contributed by atoms with Crippen LogP contribution in [0, 0.1) is 5.92 Å². The molecule has 0 spiro atoms. The highest BCUT2D eigenvalue weighted by Crippen LogP contribution is 2.26. The van der Waals surface area contributed by atoms with Crippen LogP contribution in [0.4, 0.5) is 0 Å². The van der Waals surface area contributed by atoms with E-state index in [0.29, 0.717) is 13.1 Å². The largest absolute Gasteiger partial charge is 0.497 e. The maximum atomic E-state index is 11.2. The second-order valence-electron chi connectivity index (χ2n) is 6.95. The molecule has 1 aromatic heterocycles. The molecule has 146 valence electrons. The van der Waals surface area contributed by atoms with Gasteiger partial charge in [-0.1, -0.05) is 25.1 Å². The van der Waals surface area contributed by atoms with Crippen molar-refractivity contribution in [2.45, 2.75) is 13.5 Å². The Hall–Kier alpha value is -3.12. The zero-order valence-electron chi connectivity index (χ0n) is 16.4. The summed E-state index contributed by atoms with van der Waals surface area (Å²) in [7, 11) is 3.57. The van der Waals surface area contributed by atoms with Crippen molar-refractivity contribution in [1.29, 1.82) is 0 Å². The minimum Gasteiger partial charge on any atom is -0.497 e. The van der Waals surface area contributed by atoms with Crippen LogP contribution in [0.15, 0.2) is 60.8 Å². The van der Waals surface area contributed by atoms with Gasteiger partial charge in [-0.2, -0.15) is 5.10 Å². The second-order valence-corrected chi connectivity index (χ2v) is 6.95. The molecule has 1 atom stereocenters.